The van der Waals surface area contributed by atoms with E-state index in [1.54, 1.807) is 12.1 Å². The highest BCUT2D eigenvalue weighted by Gasteiger charge is 2.11. The van der Waals surface area contributed by atoms with Gasteiger partial charge >= 0.3 is 5.97 Å². The molecule has 0 aliphatic carbocycles. The van der Waals surface area contributed by atoms with Gasteiger partial charge in [0.05, 0.1) is 12.2 Å². The second kappa shape index (κ2) is 6.40. The third kappa shape index (κ3) is 3.86. The first kappa shape index (κ1) is 12.1. The van der Waals surface area contributed by atoms with Crippen molar-refractivity contribution < 1.29 is 9.53 Å². The average molecular weight is 233 g/mol. The molecule has 17 heavy (non-hydrogen) atoms. The summed E-state index contributed by atoms with van der Waals surface area (Å²) in [7, 11) is 0. The summed E-state index contributed by atoms with van der Waals surface area (Å²) in [5.74, 6) is -0.216. The van der Waals surface area contributed by atoms with Crippen LogP contribution in [0.2, 0.25) is 0 Å². The van der Waals surface area contributed by atoms with Gasteiger partial charge in [0, 0.05) is 6.54 Å². The minimum atomic E-state index is -0.216. The topological polar surface area (TPSA) is 29.5 Å². The molecule has 1 fully saturated rings. The number of hydrogen-bond donors (Lipinski definition) is 0. The van der Waals surface area contributed by atoms with Crippen LogP contribution in [0.3, 0.4) is 0 Å². The molecule has 92 valence electrons. The van der Waals surface area contributed by atoms with E-state index >= 15 is 0 Å². The summed E-state index contributed by atoms with van der Waals surface area (Å²) in [6.07, 6.45) is 3.55. The molecule has 1 saturated heterocycles. The van der Waals surface area contributed by atoms with Gasteiger partial charge in [0.2, 0.25) is 0 Å². The Hall–Kier alpha value is -1.35. The van der Waals surface area contributed by atoms with Crippen molar-refractivity contribution in [3.05, 3.63) is 35.9 Å². The van der Waals surface area contributed by atoms with Crippen LogP contribution in [0.5, 0.6) is 0 Å². The second-order valence-electron chi connectivity index (χ2n) is 4.40. The van der Waals surface area contributed by atoms with Gasteiger partial charge in [-0.25, -0.2) is 4.79 Å². The molecular formula is C14H19NO2. The van der Waals surface area contributed by atoms with Crippen LogP contribution in [0.1, 0.15) is 29.6 Å². The van der Waals surface area contributed by atoms with Crippen LogP contribution in [-0.4, -0.2) is 37.1 Å². The lowest BCUT2D eigenvalue weighted by Crippen LogP contribution is -2.22. The van der Waals surface area contributed by atoms with Gasteiger partial charge in [-0.05, 0) is 44.5 Å². The van der Waals surface area contributed by atoms with Crippen LogP contribution in [0.4, 0.5) is 0 Å². The Bertz CT molecular complexity index is 344. The van der Waals surface area contributed by atoms with Crippen LogP contribution in [-0.2, 0) is 4.74 Å². The second-order valence-corrected chi connectivity index (χ2v) is 4.40. The molecule has 0 radical (unpaired) electrons. The van der Waals surface area contributed by atoms with Crippen molar-refractivity contribution >= 4 is 5.97 Å². The third-order valence-corrected chi connectivity index (χ3v) is 3.06. The molecule has 0 unspecified atom stereocenters. The molecule has 0 amide bonds. The Morgan fingerprint density at radius 1 is 1.18 bits per heavy atom. The predicted octanol–water partition coefficient (Wildman–Crippen LogP) is 2.33. The lowest BCUT2D eigenvalue weighted by Gasteiger charge is -2.13. The van der Waals surface area contributed by atoms with Crippen molar-refractivity contribution in [1.82, 2.24) is 4.90 Å². The lowest BCUT2D eigenvalue weighted by atomic mass is 10.2. The number of rotatable bonds is 5. The molecule has 1 aromatic carbocycles. The molecule has 0 saturated carbocycles. The molecule has 2 rings (SSSR count). The van der Waals surface area contributed by atoms with E-state index in [0.29, 0.717) is 12.2 Å². The van der Waals surface area contributed by atoms with Gasteiger partial charge in [0.25, 0.3) is 0 Å². The molecular weight excluding hydrogens is 214 g/mol. The van der Waals surface area contributed by atoms with Crippen molar-refractivity contribution in [1.29, 1.82) is 0 Å². The van der Waals surface area contributed by atoms with Crippen LogP contribution < -0.4 is 0 Å². The third-order valence-electron chi connectivity index (χ3n) is 3.06. The maximum atomic E-state index is 11.6. The number of ether oxygens (including phenoxy) is 1. The number of likely N-dealkylation sites (tertiary alicyclic amines) is 1. The summed E-state index contributed by atoms with van der Waals surface area (Å²) in [4.78, 5) is 14.0. The molecule has 0 N–H and O–H groups in total. The highest BCUT2D eigenvalue weighted by atomic mass is 16.5. The van der Waals surface area contributed by atoms with Gasteiger partial charge in [0.1, 0.15) is 0 Å². The molecule has 1 heterocycles. The fraction of sp³-hybridized carbons (Fsp3) is 0.500. The minimum absolute atomic E-state index is 0.216. The molecule has 0 bridgehead atoms. The van der Waals surface area contributed by atoms with E-state index in [9.17, 15) is 4.79 Å². The molecule has 1 aromatic rings. The number of carbonyl (C=O) groups excluding carboxylic acids is 1. The first-order valence-corrected chi connectivity index (χ1v) is 6.31. The fourth-order valence-corrected chi connectivity index (χ4v) is 2.12. The quantitative estimate of drug-likeness (QED) is 0.577. The normalized spacial score (nSPS) is 16.0. The zero-order valence-electron chi connectivity index (χ0n) is 10.1. The zero-order chi connectivity index (χ0) is 11.9. The van der Waals surface area contributed by atoms with E-state index in [0.717, 1.165) is 13.0 Å². The zero-order valence-corrected chi connectivity index (χ0v) is 10.1. The predicted molar refractivity (Wildman–Crippen MR) is 67.0 cm³/mol. The van der Waals surface area contributed by atoms with Gasteiger partial charge in [-0.15, -0.1) is 0 Å². The number of hydrogen-bond acceptors (Lipinski definition) is 3. The van der Waals surface area contributed by atoms with Crippen molar-refractivity contribution in [2.24, 2.45) is 0 Å². The van der Waals surface area contributed by atoms with E-state index in [2.05, 4.69) is 4.90 Å². The number of nitrogens with zero attached hydrogens (tertiary/aromatic N) is 1. The Morgan fingerprint density at radius 2 is 1.88 bits per heavy atom. The summed E-state index contributed by atoms with van der Waals surface area (Å²) in [5, 5.41) is 0. The van der Waals surface area contributed by atoms with E-state index in [-0.39, 0.29) is 5.97 Å². The first-order chi connectivity index (χ1) is 8.36. The first-order valence-electron chi connectivity index (χ1n) is 6.31. The minimum Gasteiger partial charge on any atom is -0.462 e. The van der Waals surface area contributed by atoms with E-state index < -0.39 is 0 Å². The smallest absolute Gasteiger partial charge is 0.338 e. The maximum absolute atomic E-state index is 11.6. The lowest BCUT2D eigenvalue weighted by molar-refractivity contribution is 0.0491. The largest absolute Gasteiger partial charge is 0.462 e. The summed E-state index contributed by atoms with van der Waals surface area (Å²) < 4.78 is 5.22. The summed E-state index contributed by atoms with van der Waals surface area (Å²) in [5.41, 5.74) is 0.633. The van der Waals surface area contributed by atoms with Gasteiger partial charge in [-0.3, -0.25) is 0 Å². The Labute approximate surface area is 102 Å². The van der Waals surface area contributed by atoms with Crippen LogP contribution >= 0.6 is 0 Å². The van der Waals surface area contributed by atoms with Gasteiger partial charge < -0.3 is 9.64 Å². The Balaban J connectivity index is 1.63. The summed E-state index contributed by atoms with van der Waals surface area (Å²) in [6, 6.07) is 9.15. The monoisotopic (exact) mass is 233 g/mol. The Morgan fingerprint density at radius 3 is 2.59 bits per heavy atom. The van der Waals surface area contributed by atoms with Gasteiger partial charge in [-0.2, -0.15) is 0 Å². The van der Waals surface area contributed by atoms with E-state index in [4.69, 9.17) is 4.74 Å². The highest BCUT2D eigenvalue weighted by Crippen LogP contribution is 2.07. The number of benzene rings is 1. The van der Waals surface area contributed by atoms with E-state index in [1.165, 1.54) is 25.9 Å². The van der Waals surface area contributed by atoms with Gasteiger partial charge in [-0.1, -0.05) is 18.2 Å². The molecule has 0 atom stereocenters. The van der Waals surface area contributed by atoms with Crippen molar-refractivity contribution in [2.45, 2.75) is 19.3 Å². The molecule has 1 aliphatic rings. The SMILES string of the molecule is O=C(OCCCN1CCCC1)c1ccccc1. The Kier molecular flexibility index (Phi) is 4.56. The fourth-order valence-electron chi connectivity index (χ4n) is 2.12. The van der Waals surface area contributed by atoms with Crippen LogP contribution in [0.15, 0.2) is 30.3 Å². The van der Waals surface area contributed by atoms with Crippen LogP contribution in [0, 0.1) is 0 Å². The molecule has 3 heteroatoms. The summed E-state index contributed by atoms with van der Waals surface area (Å²) in [6.45, 7) is 3.96. The molecule has 1 aliphatic heterocycles. The molecule has 0 aromatic heterocycles. The molecule has 0 spiro atoms. The van der Waals surface area contributed by atoms with Crippen LogP contribution in [0.25, 0.3) is 0 Å². The van der Waals surface area contributed by atoms with E-state index in [1.807, 2.05) is 18.2 Å². The van der Waals surface area contributed by atoms with Crippen molar-refractivity contribution in [3.63, 3.8) is 0 Å². The van der Waals surface area contributed by atoms with Gasteiger partial charge in [0.15, 0.2) is 0 Å². The standard InChI is InChI=1S/C14H19NO2/c16-14(13-7-2-1-3-8-13)17-12-6-11-15-9-4-5-10-15/h1-3,7-8H,4-6,9-12H2. The highest BCUT2D eigenvalue weighted by molar-refractivity contribution is 5.89. The average Bonchev–Trinajstić information content (AvgIpc) is 2.88. The summed E-state index contributed by atoms with van der Waals surface area (Å²) >= 11 is 0. The maximum Gasteiger partial charge on any atom is 0.338 e. The van der Waals surface area contributed by atoms with Crippen molar-refractivity contribution in [3.8, 4) is 0 Å². The molecule has 3 nitrogen and oxygen atoms in total. The van der Waals surface area contributed by atoms with Crippen molar-refractivity contribution in [2.75, 3.05) is 26.2 Å². The number of esters is 1. The number of carbonyl (C=O) groups is 1.